The lowest BCUT2D eigenvalue weighted by atomic mass is 9.88. The number of anilines is 4. The maximum atomic E-state index is 6.58. The molecule has 0 saturated carbocycles. The molecule has 0 fully saturated rings. The summed E-state index contributed by atoms with van der Waals surface area (Å²) in [6.45, 7) is 0. The summed E-state index contributed by atoms with van der Waals surface area (Å²) in [5, 5.41) is 0. The average molecular weight is 366 g/mol. The van der Waals surface area contributed by atoms with Crippen LogP contribution in [0.5, 0.6) is 0 Å². The minimum absolute atomic E-state index is 0.535. The van der Waals surface area contributed by atoms with Crippen molar-refractivity contribution in [1.29, 1.82) is 0 Å². The van der Waals surface area contributed by atoms with Gasteiger partial charge in [-0.15, -0.1) is 0 Å². The molecular formula is C24H22N4. The molecule has 0 amide bonds. The van der Waals surface area contributed by atoms with Gasteiger partial charge in [0.05, 0.1) is 22.7 Å². The standard InChI is InChI=1S/C24H22N4/c25-20-12-11-17(13-21(20)26)18-14-19(15-7-3-1-4-8-15)23(27)24(28)22(18)16-9-5-2-6-10-16/h1-14H,25-28H2. The van der Waals surface area contributed by atoms with Crippen LogP contribution >= 0.6 is 0 Å². The van der Waals surface area contributed by atoms with Crippen LogP contribution in [0.3, 0.4) is 0 Å². The van der Waals surface area contributed by atoms with Crippen molar-refractivity contribution in [2.45, 2.75) is 0 Å². The number of rotatable bonds is 3. The van der Waals surface area contributed by atoms with E-state index in [9.17, 15) is 0 Å². The van der Waals surface area contributed by atoms with Gasteiger partial charge in [0.25, 0.3) is 0 Å². The van der Waals surface area contributed by atoms with E-state index < -0.39 is 0 Å². The highest BCUT2D eigenvalue weighted by atomic mass is 14.7. The smallest absolute Gasteiger partial charge is 0.0640 e. The fraction of sp³-hybridized carbons (Fsp3) is 0. The third-order valence-electron chi connectivity index (χ3n) is 4.95. The number of benzene rings is 4. The second-order valence-electron chi connectivity index (χ2n) is 6.75. The lowest BCUT2D eigenvalue weighted by Crippen LogP contribution is -2.03. The van der Waals surface area contributed by atoms with Crippen molar-refractivity contribution in [2.24, 2.45) is 0 Å². The Bertz CT molecular complexity index is 1140. The van der Waals surface area contributed by atoms with E-state index in [1.54, 1.807) is 0 Å². The molecule has 8 N–H and O–H groups in total. The Balaban J connectivity index is 2.05. The van der Waals surface area contributed by atoms with Crippen molar-refractivity contribution in [3.05, 3.63) is 84.9 Å². The van der Waals surface area contributed by atoms with Crippen LogP contribution in [0.4, 0.5) is 22.7 Å². The predicted octanol–water partition coefficient (Wildman–Crippen LogP) is 5.02. The van der Waals surface area contributed by atoms with E-state index >= 15 is 0 Å². The van der Waals surface area contributed by atoms with E-state index in [1.807, 2.05) is 78.9 Å². The highest BCUT2D eigenvalue weighted by Gasteiger charge is 2.18. The molecule has 0 heterocycles. The van der Waals surface area contributed by atoms with Gasteiger partial charge in [0.15, 0.2) is 0 Å². The number of hydrogen-bond acceptors (Lipinski definition) is 4. The molecule has 138 valence electrons. The molecule has 4 rings (SSSR count). The Morgan fingerprint density at radius 2 is 1.04 bits per heavy atom. The molecule has 0 aliphatic heterocycles. The minimum Gasteiger partial charge on any atom is -0.397 e. The summed E-state index contributed by atoms with van der Waals surface area (Å²) >= 11 is 0. The molecule has 0 aliphatic rings. The Morgan fingerprint density at radius 1 is 0.429 bits per heavy atom. The van der Waals surface area contributed by atoms with Crippen molar-refractivity contribution in [3.8, 4) is 33.4 Å². The normalized spacial score (nSPS) is 10.7. The molecule has 28 heavy (non-hydrogen) atoms. The Hall–Kier alpha value is -3.92. The largest absolute Gasteiger partial charge is 0.397 e. The van der Waals surface area contributed by atoms with E-state index in [2.05, 4.69) is 6.07 Å². The van der Waals surface area contributed by atoms with Crippen LogP contribution in [0, 0.1) is 0 Å². The van der Waals surface area contributed by atoms with Gasteiger partial charge in [-0.25, -0.2) is 0 Å². The molecule has 0 aromatic heterocycles. The van der Waals surface area contributed by atoms with Crippen molar-refractivity contribution < 1.29 is 0 Å². The zero-order valence-electron chi connectivity index (χ0n) is 15.4. The van der Waals surface area contributed by atoms with Gasteiger partial charge in [0.2, 0.25) is 0 Å². The van der Waals surface area contributed by atoms with Crippen molar-refractivity contribution >= 4 is 22.7 Å². The first-order valence-corrected chi connectivity index (χ1v) is 9.04. The van der Waals surface area contributed by atoms with Gasteiger partial charge in [-0.1, -0.05) is 66.7 Å². The van der Waals surface area contributed by atoms with Crippen LogP contribution in [0.25, 0.3) is 33.4 Å². The van der Waals surface area contributed by atoms with E-state index in [0.29, 0.717) is 22.7 Å². The number of hydrogen-bond donors (Lipinski definition) is 4. The molecular weight excluding hydrogens is 344 g/mol. The highest BCUT2D eigenvalue weighted by Crippen LogP contribution is 2.45. The first-order chi connectivity index (χ1) is 13.6. The molecule has 0 radical (unpaired) electrons. The van der Waals surface area contributed by atoms with Gasteiger partial charge in [0, 0.05) is 11.1 Å². The number of nitrogens with two attached hydrogens (primary N) is 4. The molecule has 4 aromatic rings. The molecule has 4 nitrogen and oxygen atoms in total. The number of nitrogen functional groups attached to an aromatic ring is 4. The maximum Gasteiger partial charge on any atom is 0.0640 e. The van der Waals surface area contributed by atoms with Crippen molar-refractivity contribution in [2.75, 3.05) is 22.9 Å². The minimum atomic E-state index is 0.535. The van der Waals surface area contributed by atoms with E-state index in [4.69, 9.17) is 22.9 Å². The first kappa shape index (κ1) is 17.5. The Kier molecular flexibility index (Phi) is 4.38. The molecule has 0 spiro atoms. The zero-order valence-corrected chi connectivity index (χ0v) is 15.4. The molecule has 0 aliphatic carbocycles. The SMILES string of the molecule is Nc1ccc(-c2cc(-c3ccccc3)c(N)c(N)c2-c2ccccc2)cc1N. The van der Waals surface area contributed by atoms with E-state index in [-0.39, 0.29) is 0 Å². The van der Waals surface area contributed by atoms with Gasteiger partial charge in [-0.3, -0.25) is 0 Å². The predicted molar refractivity (Wildman–Crippen MR) is 120 cm³/mol. The Labute approximate surface area is 164 Å². The van der Waals surface area contributed by atoms with Gasteiger partial charge in [0.1, 0.15) is 0 Å². The van der Waals surface area contributed by atoms with E-state index in [1.165, 1.54) is 0 Å². The third-order valence-corrected chi connectivity index (χ3v) is 4.95. The highest BCUT2D eigenvalue weighted by molar-refractivity contribution is 6.02. The lowest BCUT2D eigenvalue weighted by Gasteiger charge is -2.19. The van der Waals surface area contributed by atoms with Gasteiger partial charge in [-0.2, -0.15) is 0 Å². The quantitative estimate of drug-likeness (QED) is 0.382. The summed E-state index contributed by atoms with van der Waals surface area (Å²) in [4.78, 5) is 0. The first-order valence-electron chi connectivity index (χ1n) is 9.04. The summed E-state index contributed by atoms with van der Waals surface area (Å²) in [7, 11) is 0. The van der Waals surface area contributed by atoms with Crippen LogP contribution < -0.4 is 22.9 Å². The van der Waals surface area contributed by atoms with Crippen LogP contribution in [0.15, 0.2) is 84.9 Å². The fourth-order valence-corrected chi connectivity index (χ4v) is 3.46. The molecule has 0 atom stereocenters. The van der Waals surface area contributed by atoms with Crippen molar-refractivity contribution in [1.82, 2.24) is 0 Å². The summed E-state index contributed by atoms with van der Waals surface area (Å²) in [5.41, 5.74) is 33.0. The summed E-state index contributed by atoms with van der Waals surface area (Å²) in [5.74, 6) is 0. The lowest BCUT2D eigenvalue weighted by molar-refractivity contribution is 1.55. The molecule has 4 heteroatoms. The van der Waals surface area contributed by atoms with E-state index in [0.717, 1.165) is 33.4 Å². The van der Waals surface area contributed by atoms with Crippen LogP contribution in [0.1, 0.15) is 0 Å². The van der Waals surface area contributed by atoms with Gasteiger partial charge < -0.3 is 22.9 Å². The van der Waals surface area contributed by atoms with Crippen LogP contribution in [-0.4, -0.2) is 0 Å². The monoisotopic (exact) mass is 366 g/mol. The summed E-state index contributed by atoms with van der Waals surface area (Å²) in [6.07, 6.45) is 0. The Morgan fingerprint density at radius 3 is 1.64 bits per heavy atom. The fourth-order valence-electron chi connectivity index (χ4n) is 3.46. The summed E-state index contributed by atoms with van der Waals surface area (Å²) in [6, 6.07) is 27.7. The second-order valence-corrected chi connectivity index (χ2v) is 6.75. The molecule has 4 aromatic carbocycles. The zero-order chi connectivity index (χ0) is 19.7. The van der Waals surface area contributed by atoms with Gasteiger partial charge in [-0.05, 0) is 40.5 Å². The third kappa shape index (κ3) is 3.01. The van der Waals surface area contributed by atoms with Gasteiger partial charge >= 0.3 is 0 Å². The van der Waals surface area contributed by atoms with Crippen LogP contribution in [0.2, 0.25) is 0 Å². The molecule has 0 bridgehead atoms. The molecule has 0 saturated heterocycles. The summed E-state index contributed by atoms with van der Waals surface area (Å²) < 4.78 is 0. The van der Waals surface area contributed by atoms with Crippen LogP contribution in [-0.2, 0) is 0 Å². The average Bonchev–Trinajstić information content (AvgIpc) is 2.73. The molecule has 0 unspecified atom stereocenters. The second kappa shape index (κ2) is 7.00. The van der Waals surface area contributed by atoms with Crippen molar-refractivity contribution in [3.63, 3.8) is 0 Å². The topological polar surface area (TPSA) is 104 Å². The maximum absolute atomic E-state index is 6.58.